The van der Waals surface area contributed by atoms with Gasteiger partial charge in [0.25, 0.3) is 0 Å². The minimum Gasteiger partial charge on any atom is -0.378 e. The molecule has 3 rings (SSSR count). The summed E-state index contributed by atoms with van der Waals surface area (Å²) in [6.07, 6.45) is 0. The van der Waals surface area contributed by atoms with Gasteiger partial charge in [-0.3, -0.25) is 0 Å². The molecule has 6 heteroatoms. The van der Waals surface area contributed by atoms with Gasteiger partial charge >= 0.3 is 0 Å². The summed E-state index contributed by atoms with van der Waals surface area (Å²) >= 11 is 8.01. The molecule has 0 bridgehead atoms. The van der Waals surface area contributed by atoms with Gasteiger partial charge in [-0.2, -0.15) is 0 Å². The Kier molecular flexibility index (Phi) is 7.26. The molecule has 0 saturated carbocycles. The highest BCUT2D eigenvalue weighted by Gasteiger charge is 2.23. The van der Waals surface area contributed by atoms with Gasteiger partial charge in [0, 0.05) is 27.9 Å². The Labute approximate surface area is 159 Å². The third kappa shape index (κ3) is 4.58. The minimum absolute atomic E-state index is 0. The van der Waals surface area contributed by atoms with Crippen LogP contribution in [0, 0.1) is 0 Å². The number of ether oxygens (including phenoxy) is 1. The van der Waals surface area contributed by atoms with E-state index >= 15 is 0 Å². The molecule has 1 aliphatic heterocycles. The Bertz CT molecular complexity index is 682. The van der Waals surface area contributed by atoms with Crippen molar-refractivity contribution >= 4 is 47.1 Å². The van der Waals surface area contributed by atoms with Crippen LogP contribution in [0.2, 0.25) is 5.02 Å². The summed E-state index contributed by atoms with van der Waals surface area (Å²) in [7, 11) is 4.11. The van der Waals surface area contributed by atoms with Crippen LogP contribution >= 0.6 is 35.8 Å². The number of anilines is 2. The topological polar surface area (TPSA) is 15.7 Å². The zero-order chi connectivity index (χ0) is 16.2. The number of halogens is 2. The fourth-order valence-corrected chi connectivity index (χ4v) is 3.79. The molecule has 0 N–H and O–H groups in total. The van der Waals surface area contributed by atoms with Crippen LogP contribution in [-0.4, -0.2) is 45.3 Å². The number of para-hydroxylation sites is 1. The lowest BCUT2D eigenvalue weighted by Gasteiger charge is -2.32. The Morgan fingerprint density at radius 1 is 1.04 bits per heavy atom. The van der Waals surface area contributed by atoms with Crippen LogP contribution < -0.4 is 4.90 Å². The van der Waals surface area contributed by atoms with Crippen LogP contribution in [0.1, 0.15) is 0 Å². The lowest BCUT2D eigenvalue weighted by Crippen LogP contribution is -2.26. The number of fused-ring (bicyclic) bond motifs is 2. The summed E-state index contributed by atoms with van der Waals surface area (Å²) < 4.78 is 5.78. The normalized spacial score (nSPS) is 12.6. The molecule has 0 spiro atoms. The van der Waals surface area contributed by atoms with E-state index in [0.29, 0.717) is 6.61 Å². The summed E-state index contributed by atoms with van der Waals surface area (Å²) in [5.74, 6) is 0. The van der Waals surface area contributed by atoms with Crippen molar-refractivity contribution in [3.8, 4) is 0 Å². The van der Waals surface area contributed by atoms with Crippen molar-refractivity contribution in [3.63, 3.8) is 0 Å². The van der Waals surface area contributed by atoms with Crippen molar-refractivity contribution in [1.29, 1.82) is 0 Å². The standard InChI is InChI=1S/C18H21ClN2OS.ClH/c1-20(2)9-11-22-12-10-21-15-5-3-4-6-17(15)23-18-8-7-14(19)13-16(18)21;/h3-8,13H,9-12H2,1-2H3;1H. The molecule has 2 aromatic rings. The quantitative estimate of drug-likeness (QED) is 0.654. The predicted octanol–water partition coefficient (Wildman–Crippen LogP) is 4.94. The largest absolute Gasteiger partial charge is 0.378 e. The van der Waals surface area contributed by atoms with Crippen molar-refractivity contribution in [2.75, 3.05) is 45.3 Å². The molecule has 0 amide bonds. The van der Waals surface area contributed by atoms with Gasteiger partial charge in [0.05, 0.1) is 24.6 Å². The molecule has 0 fully saturated rings. The predicted molar refractivity (Wildman–Crippen MR) is 106 cm³/mol. The van der Waals surface area contributed by atoms with E-state index < -0.39 is 0 Å². The molecule has 0 aromatic heterocycles. The molecule has 0 saturated heterocycles. The van der Waals surface area contributed by atoms with E-state index in [1.807, 2.05) is 12.1 Å². The van der Waals surface area contributed by atoms with E-state index in [9.17, 15) is 0 Å². The highest BCUT2D eigenvalue weighted by atomic mass is 35.5. The average Bonchev–Trinajstić information content (AvgIpc) is 2.54. The van der Waals surface area contributed by atoms with Crippen molar-refractivity contribution in [2.45, 2.75) is 9.79 Å². The molecule has 2 aromatic carbocycles. The summed E-state index contributed by atoms with van der Waals surface area (Å²) in [6.45, 7) is 3.20. The summed E-state index contributed by atoms with van der Waals surface area (Å²) in [5.41, 5.74) is 2.39. The van der Waals surface area contributed by atoms with Gasteiger partial charge in [0.1, 0.15) is 0 Å². The highest BCUT2D eigenvalue weighted by Crippen LogP contribution is 2.48. The van der Waals surface area contributed by atoms with Crippen molar-refractivity contribution in [3.05, 3.63) is 47.5 Å². The number of benzene rings is 2. The van der Waals surface area contributed by atoms with E-state index in [1.54, 1.807) is 11.8 Å². The lowest BCUT2D eigenvalue weighted by molar-refractivity contribution is 0.124. The van der Waals surface area contributed by atoms with Gasteiger partial charge in [-0.15, -0.1) is 12.4 Å². The molecule has 3 nitrogen and oxygen atoms in total. The zero-order valence-corrected chi connectivity index (χ0v) is 16.3. The molecule has 0 atom stereocenters. The zero-order valence-electron chi connectivity index (χ0n) is 13.9. The third-order valence-electron chi connectivity index (χ3n) is 3.73. The van der Waals surface area contributed by atoms with Gasteiger partial charge in [0.2, 0.25) is 0 Å². The second-order valence-corrected chi connectivity index (χ2v) is 7.27. The minimum atomic E-state index is 0. The highest BCUT2D eigenvalue weighted by molar-refractivity contribution is 7.99. The smallest absolute Gasteiger partial charge is 0.0646 e. The number of hydrogen-bond acceptors (Lipinski definition) is 4. The maximum Gasteiger partial charge on any atom is 0.0646 e. The van der Waals surface area contributed by atoms with Gasteiger partial charge in [-0.05, 0) is 44.4 Å². The Balaban J connectivity index is 0.00000208. The second-order valence-electron chi connectivity index (χ2n) is 5.75. The Hall–Kier alpha value is -0.910. The summed E-state index contributed by atoms with van der Waals surface area (Å²) in [5, 5.41) is 0.766. The van der Waals surface area contributed by atoms with Crippen LogP contribution in [0.4, 0.5) is 11.4 Å². The van der Waals surface area contributed by atoms with Gasteiger partial charge in [-0.25, -0.2) is 0 Å². The molecule has 1 heterocycles. The number of nitrogens with zero attached hydrogens (tertiary/aromatic N) is 2. The maximum atomic E-state index is 6.21. The van der Waals surface area contributed by atoms with Crippen LogP contribution in [0.15, 0.2) is 52.3 Å². The molecule has 1 aliphatic rings. The molecule has 0 radical (unpaired) electrons. The SMILES string of the molecule is CN(C)CCOCCN1c2ccccc2Sc2ccc(Cl)cc21.Cl. The average molecular weight is 385 g/mol. The first-order valence-electron chi connectivity index (χ1n) is 7.71. The molecular formula is C18H22Cl2N2OS. The molecule has 0 aliphatic carbocycles. The van der Waals surface area contributed by atoms with Crippen LogP contribution in [0.5, 0.6) is 0 Å². The number of likely N-dealkylation sites (N-methyl/N-ethyl adjacent to an activating group) is 1. The summed E-state index contributed by atoms with van der Waals surface area (Å²) in [4.78, 5) is 6.95. The van der Waals surface area contributed by atoms with Gasteiger partial charge in [-0.1, -0.05) is 35.5 Å². The number of rotatable bonds is 6. The van der Waals surface area contributed by atoms with Crippen molar-refractivity contribution < 1.29 is 4.74 Å². The third-order valence-corrected chi connectivity index (χ3v) is 5.10. The Morgan fingerprint density at radius 2 is 1.79 bits per heavy atom. The van der Waals surface area contributed by atoms with E-state index in [2.05, 4.69) is 54.2 Å². The Morgan fingerprint density at radius 3 is 2.58 bits per heavy atom. The lowest BCUT2D eigenvalue weighted by atomic mass is 10.2. The number of hydrogen-bond donors (Lipinski definition) is 0. The van der Waals surface area contributed by atoms with Crippen LogP contribution in [0.25, 0.3) is 0 Å². The first-order valence-corrected chi connectivity index (χ1v) is 8.91. The molecular weight excluding hydrogens is 363 g/mol. The summed E-state index contributed by atoms with van der Waals surface area (Å²) in [6, 6.07) is 14.6. The van der Waals surface area contributed by atoms with E-state index in [4.69, 9.17) is 16.3 Å². The fourth-order valence-electron chi connectivity index (χ4n) is 2.55. The van der Waals surface area contributed by atoms with Gasteiger partial charge < -0.3 is 14.5 Å². The fraction of sp³-hybridized carbons (Fsp3) is 0.333. The van der Waals surface area contributed by atoms with E-state index in [0.717, 1.165) is 30.4 Å². The molecule has 130 valence electrons. The second kappa shape index (κ2) is 8.97. The first kappa shape index (κ1) is 19.4. The maximum absolute atomic E-state index is 6.21. The van der Waals surface area contributed by atoms with Crippen molar-refractivity contribution in [1.82, 2.24) is 4.90 Å². The molecule has 24 heavy (non-hydrogen) atoms. The van der Waals surface area contributed by atoms with Crippen LogP contribution in [0.3, 0.4) is 0 Å². The molecule has 0 unspecified atom stereocenters. The van der Waals surface area contributed by atoms with E-state index in [-0.39, 0.29) is 12.4 Å². The van der Waals surface area contributed by atoms with Gasteiger partial charge in [0.15, 0.2) is 0 Å². The monoisotopic (exact) mass is 384 g/mol. The van der Waals surface area contributed by atoms with E-state index in [1.165, 1.54) is 15.5 Å². The van der Waals surface area contributed by atoms with Crippen LogP contribution in [-0.2, 0) is 4.74 Å². The first-order chi connectivity index (χ1) is 11.1. The van der Waals surface area contributed by atoms with Crippen molar-refractivity contribution in [2.24, 2.45) is 0 Å².